The molecular weight excluding hydrogens is 139 g/mol. The number of benzene rings is 1. The largest absolute Gasteiger partial charge is 0.488 e. The molecule has 0 aliphatic heterocycles. The first-order valence-corrected chi connectivity index (χ1v) is 3.17. The fourth-order valence-electron chi connectivity index (χ4n) is 0.789. The van der Waals surface area contributed by atoms with Gasteiger partial charge in [-0.25, -0.2) is 0 Å². The highest BCUT2D eigenvalue weighted by Gasteiger charge is 2.09. The Labute approximate surface area is 65.6 Å². The van der Waals surface area contributed by atoms with Crippen molar-refractivity contribution in [2.24, 2.45) is 0 Å². The molecule has 0 aliphatic carbocycles. The summed E-state index contributed by atoms with van der Waals surface area (Å²) in [6, 6.07) is 6.58. The molecule has 11 heavy (non-hydrogen) atoms. The van der Waals surface area contributed by atoms with Crippen molar-refractivity contribution in [3.05, 3.63) is 29.8 Å². The van der Waals surface area contributed by atoms with Gasteiger partial charge >= 0.3 is 7.12 Å². The summed E-state index contributed by atoms with van der Waals surface area (Å²) < 4.78 is 0. The first-order chi connectivity index (χ1) is 5.24. The second-order valence-corrected chi connectivity index (χ2v) is 2.14. The average molecular weight is 146 g/mol. The van der Waals surface area contributed by atoms with Crippen LogP contribution in [0.3, 0.4) is 0 Å². The van der Waals surface area contributed by atoms with Crippen LogP contribution in [0.2, 0.25) is 0 Å². The molecule has 0 spiro atoms. The summed E-state index contributed by atoms with van der Waals surface area (Å²) in [5, 5.41) is 17.5. The van der Waals surface area contributed by atoms with E-state index in [-0.39, 0.29) is 0 Å². The fraction of sp³-hybridized carbons (Fsp3) is 0. The molecule has 54 valence electrons. The minimum absolute atomic E-state index is 0.417. The lowest BCUT2D eigenvalue weighted by Crippen LogP contribution is -2.29. The van der Waals surface area contributed by atoms with Crippen molar-refractivity contribution < 1.29 is 10.0 Å². The third kappa shape index (κ3) is 1.84. The maximum atomic E-state index is 8.73. The van der Waals surface area contributed by atoms with Crippen LogP contribution in [-0.4, -0.2) is 17.2 Å². The zero-order chi connectivity index (χ0) is 8.27. The molecule has 3 heteroatoms. The van der Waals surface area contributed by atoms with E-state index in [4.69, 9.17) is 16.5 Å². The van der Waals surface area contributed by atoms with Crippen molar-refractivity contribution in [3.8, 4) is 12.3 Å². The minimum Gasteiger partial charge on any atom is -0.423 e. The number of hydrogen-bond donors (Lipinski definition) is 2. The van der Waals surface area contributed by atoms with Gasteiger partial charge in [-0.2, -0.15) is 0 Å². The quantitative estimate of drug-likeness (QED) is 0.408. The molecule has 0 heterocycles. The van der Waals surface area contributed by atoms with Crippen LogP contribution in [0.4, 0.5) is 0 Å². The van der Waals surface area contributed by atoms with Gasteiger partial charge in [-0.1, -0.05) is 18.1 Å². The number of rotatable bonds is 1. The van der Waals surface area contributed by atoms with Crippen LogP contribution in [0, 0.1) is 12.3 Å². The van der Waals surface area contributed by atoms with Gasteiger partial charge in [0.25, 0.3) is 0 Å². The molecule has 1 aromatic carbocycles. The van der Waals surface area contributed by atoms with Gasteiger partial charge in [0.2, 0.25) is 0 Å². The maximum Gasteiger partial charge on any atom is 0.488 e. The van der Waals surface area contributed by atoms with Crippen molar-refractivity contribution in [2.45, 2.75) is 0 Å². The Kier molecular flexibility index (Phi) is 2.32. The van der Waals surface area contributed by atoms with Gasteiger partial charge in [-0.15, -0.1) is 6.42 Å². The summed E-state index contributed by atoms with van der Waals surface area (Å²) in [5.41, 5.74) is 1.07. The van der Waals surface area contributed by atoms with Crippen molar-refractivity contribution >= 4 is 12.6 Å². The monoisotopic (exact) mass is 146 g/mol. The third-order valence-corrected chi connectivity index (χ3v) is 1.35. The average Bonchev–Trinajstić information content (AvgIpc) is 2.05. The normalized spacial score (nSPS) is 8.82. The van der Waals surface area contributed by atoms with Crippen molar-refractivity contribution in [2.75, 3.05) is 0 Å². The molecule has 0 saturated carbocycles. The van der Waals surface area contributed by atoms with E-state index in [2.05, 4.69) is 5.92 Å². The molecule has 0 radical (unpaired) electrons. The summed E-state index contributed by atoms with van der Waals surface area (Å²) in [6.07, 6.45) is 5.11. The standard InChI is InChI=1S/C8H7BO2/c1-2-7-4-3-5-8(6-7)9(10)11/h1,3-6,10-11H. The lowest BCUT2D eigenvalue weighted by atomic mass is 9.80. The third-order valence-electron chi connectivity index (χ3n) is 1.35. The molecule has 1 aromatic rings. The molecule has 1 rings (SSSR count). The SMILES string of the molecule is C#Cc1cccc(B(O)O)c1. The molecule has 0 atom stereocenters. The molecule has 2 nitrogen and oxygen atoms in total. The topological polar surface area (TPSA) is 40.5 Å². The second kappa shape index (κ2) is 3.24. The van der Waals surface area contributed by atoms with E-state index in [9.17, 15) is 0 Å². The van der Waals surface area contributed by atoms with Gasteiger partial charge in [0, 0.05) is 5.56 Å². The van der Waals surface area contributed by atoms with Gasteiger partial charge in [-0.05, 0) is 17.6 Å². The Morgan fingerprint density at radius 1 is 1.36 bits per heavy atom. The smallest absolute Gasteiger partial charge is 0.423 e. The van der Waals surface area contributed by atoms with Crippen LogP contribution < -0.4 is 5.46 Å². The van der Waals surface area contributed by atoms with Gasteiger partial charge < -0.3 is 10.0 Å². The Hall–Kier alpha value is -1.24. The molecule has 0 aliphatic rings. The van der Waals surface area contributed by atoms with E-state index < -0.39 is 7.12 Å². The summed E-state index contributed by atoms with van der Waals surface area (Å²) in [6.45, 7) is 0. The maximum absolute atomic E-state index is 8.73. The van der Waals surface area contributed by atoms with Gasteiger partial charge in [-0.3, -0.25) is 0 Å². The van der Waals surface area contributed by atoms with Crippen LogP contribution in [0.1, 0.15) is 5.56 Å². The molecule has 0 bridgehead atoms. The number of terminal acetylenes is 1. The van der Waals surface area contributed by atoms with Crippen LogP contribution in [0.15, 0.2) is 24.3 Å². The van der Waals surface area contributed by atoms with E-state index in [1.165, 1.54) is 0 Å². The molecule has 0 unspecified atom stereocenters. The molecule has 2 N–H and O–H groups in total. The minimum atomic E-state index is -1.44. The van der Waals surface area contributed by atoms with Crippen molar-refractivity contribution in [3.63, 3.8) is 0 Å². The van der Waals surface area contributed by atoms with Crippen LogP contribution in [0.5, 0.6) is 0 Å². The highest BCUT2D eigenvalue weighted by molar-refractivity contribution is 6.58. The van der Waals surface area contributed by atoms with Gasteiger partial charge in [0.15, 0.2) is 0 Å². The van der Waals surface area contributed by atoms with Gasteiger partial charge in [0.05, 0.1) is 0 Å². The van der Waals surface area contributed by atoms with Crippen LogP contribution in [-0.2, 0) is 0 Å². The molecule has 0 aromatic heterocycles. The van der Waals surface area contributed by atoms with E-state index in [1.54, 1.807) is 24.3 Å². The van der Waals surface area contributed by atoms with E-state index >= 15 is 0 Å². The Morgan fingerprint density at radius 3 is 2.64 bits per heavy atom. The highest BCUT2D eigenvalue weighted by atomic mass is 16.4. The Balaban J connectivity index is 3.03. The summed E-state index contributed by atoms with van der Waals surface area (Å²) in [4.78, 5) is 0. The predicted octanol–water partition coefficient (Wildman–Crippen LogP) is -0.652. The van der Waals surface area contributed by atoms with Crippen molar-refractivity contribution in [1.29, 1.82) is 0 Å². The zero-order valence-corrected chi connectivity index (χ0v) is 5.86. The first-order valence-electron chi connectivity index (χ1n) is 3.17. The lowest BCUT2D eigenvalue weighted by molar-refractivity contribution is 0.426. The Morgan fingerprint density at radius 2 is 2.09 bits per heavy atom. The summed E-state index contributed by atoms with van der Waals surface area (Å²) in [5.74, 6) is 2.40. The van der Waals surface area contributed by atoms with E-state index in [1.807, 2.05) is 0 Å². The zero-order valence-electron chi connectivity index (χ0n) is 5.86. The predicted molar refractivity (Wildman–Crippen MR) is 44.2 cm³/mol. The van der Waals surface area contributed by atoms with Gasteiger partial charge in [0.1, 0.15) is 0 Å². The molecular formula is C8H7BO2. The van der Waals surface area contributed by atoms with Crippen molar-refractivity contribution in [1.82, 2.24) is 0 Å². The summed E-state index contributed by atoms with van der Waals surface area (Å²) >= 11 is 0. The lowest BCUT2D eigenvalue weighted by Gasteiger charge is -1.97. The molecule has 0 saturated heterocycles. The second-order valence-electron chi connectivity index (χ2n) is 2.14. The Bertz CT molecular complexity index is 288. The summed E-state index contributed by atoms with van der Waals surface area (Å²) in [7, 11) is -1.44. The van der Waals surface area contributed by atoms with Crippen LogP contribution in [0.25, 0.3) is 0 Å². The van der Waals surface area contributed by atoms with Crippen LogP contribution >= 0.6 is 0 Å². The van der Waals surface area contributed by atoms with E-state index in [0.29, 0.717) is 11.0 Å². The van der Waals surface area contributed by atoms with E-state index in [0.717, 1.165) is 0 Å². The molecule has 0 fully saturated rings. The first kappa shape index (κ1) is 7.87. The molecule has 0 amide bonds. The highest BCUT2D eigenvalue weighted by Crippen LogP contribution is 1.93. The number of hydrogen-bond acceptors (Lipinski definition) is 2. The fourth-order valence-corrected chi connectivity index (χ4v) is 0.789.